The molecule has 0 spiro atoms. The van der Waals surface area contributed by atoms with Gasteiger partial charge in [0.25, 0.3) is 5.69 Å². The molecule has 0 unspecified atom stereocenters. The van der Waals surface area contributed by atoms with Crippen LogP contribution in [0.4, 0.5) is 10.5 Å². The molecule has 1 rings (SSSR count). The first-order valence-corrected chi connectivity index (χ1v) is 6.55. The summed E-state index contributed by atoms with van der Waals surface area (Å²) in [5.74, 6) is 0.263. The van der Waals surface area contributed by atoms with Crippen molar-refractivity contribution >= 4 is 17.9 Å². The Balaban J connectivity index is 2.68. The summed E-state index contributed by atoms with van der Waals surface area (Å²) < 4.78 is 10.1. The van der Waals surface area contributed by atoms with Gasteiger partial charge in [0.15, 0.2) is 0 Å². The minimum atomic E-state index is -0.568. The average Bonchev–Trinajstić information content (AvgIpc) is 2.41. The van der Waals surface area contributed by atoms with Crippen molar-refractivity contribution in [2.75, 3.05) is 13.7 Å². The quantitative estimate of drug-likeness (QED) is 0.662. The van der Waals surface area contributed by atoms with Crippen LogP contribution in [0.3, 0.4) is 0 Å². The summed E-state index contributed by atoms with van der Waals surface area (Å²) in [4.78, 5) is 25.5. The average molecular weight is 309 g/mol. The molecule has 0 aliphatic rings. The van der Waals surface area contributed by atoms with E-state index in [0.717, 1.165) is 6.20 Å². The Kier molecular flexibility index (Phi) is 5.85. The van der Waals surface area contributed by atoms with Crippen LogP contribution in [0.15, 0.2) is 18.3 Å². The second-order valence-corrected chi connectivity index (χ2v) is 5.33. The minimum Gasteiger partial charge on any atom is -0.481 e. The van der Waals surface area contributed by atoms with Crippen LogP contribution < -0.4 is 10.1 Å². The summed E-state index contributed by atoms with van der Waals surface area (Å²) >= 11 is 0. The van der Waals surface area contributed by atoms with Gasteiger partial charge in [-0.2, -0.15) is 0 Å². The van der Waals surface area contributed by atoms with Gasteiger partial charge in [0, 0.05) is 18.2 Å². The van der Waals surface area contributed by atoms with Crippen molar-refractivity contribution in [3.63, 3.8) is 0 Å². The summed E-state index contributed by atoms with van der Waals surface area (Å²) in [5, 5.41) is 13.3. The van der Waals surface area contributed by atoms with E-state index in [-0.39, 0.29) is 18.1 Å². The number of nitro groups is 1. The molecule has 1 heterocycles. The third kappa shape index (κ3) is 5.78. The zero-order valence-electron chi connectivity index (χ0n) is 13.0. The van der Waals surface area contributed by atoms with Crippen molar-refractivity contribution in [1.29, 1.82) is 0 Å². The Labute approximate surface area is 128 Å². The molecule has 1 amide bonds. The number of carbonyl (C=O) groups is 1. The highest BCUT2D eigenvalue weighted by atomic mass is 16.6. The van der Waals surface area contributed by atoms with Gasteiger partial charge in [0.2, 0.25) is 5.88 Å². The fourth-order valence-electron chi connectivity index (χ4n) is 1.49. The third-order valence-electron chi connectivity index (χ3n) is 2.33. The molecule has 0 bridgehead atoms. The van der Waals surface area contributed by atoms with Crippen LogP contribution in [-0.2, 0) is 4.74 Å². The Morgan fingerprint density at radius 2 is 2.18 bits per heavy atom. The number of hydrogen-bond acceptors (Lipinski definition) is 6. The number of pyridine rings is 1. The van der Waals surface area contributed by atoms with Crippen molar-refractivity contribution in [2.45, 2.75) is 26.4 Å². The molecule has 1 aromatic rings. The van der Waals surface area contributed by atoms with E-state index in [9.17, 15) is 14.9 Å². The molecule has 1 N–H and O–H groups in total. The molecule has 0 aromatic carbocycles. The molecule has 0 atom stereocenters. The van der Waals surface area contributed by atoms with Crippen LogP contribution in [0.1, 0.15) is 26.3 Å². The smallest absolute Gasteiger partial charge is 0.407 e. The first kappa shape index (κ1) is 17.4. The van der Waals surface area contributed by atoms with E-state index in [2.05, 4.69) is 10.3 Å². The Bertz CT molecular complexity index is 578. The summed E-state index contributed by atoms with van der Waals surface area (Å²) in [7, 11) is 1.42. The molecule has 0 saturated heterocycles. The van der Waals surface area contributed by atoms with Crippen molar-refractivity contribution in [2.24, 2.45) is 0 Å². The molecule has 8 heteroatoms. The number of methoxy groups -OCH3 is 1. The SMILES string of the molecule is COc1ncc([N+](=O)[O-])cc1C=CCNC(=O)OC(C)(C)C. The highest BCUT2D eigenvalue weighted by molar-refractivity contribution is 5.68. The second-order valence-electron chi connectivity index (χ2n) is 5.33. The van der Waals surface area contributed by atoms with E-state index in [1.165, 1.54) is 13.2 Å². The number of amides is 1. The monoisotopic (exact) mass is 309 g/mol. The van der Waals surface area contributed by atoms with E-state index in [0.29, 0.717) is 5.56 Å². The molecule has 22 heavy (non-hydrogen) atoms. The normalized spacial score (nSPS) is 11.3. The fourth-order valence-corrected chi connectivity index (χ4v) is 1.49. The van der Waals surface area contributed by atoms with Gasteiger partial charge < -0.3 is 14.8 Å². The highest BCUT2D eigenvalue weighted by Gasteiger charge is 2.15. The van der Waals surface area contributed by atoms with Gasteiger partial charge in [-0.1, -0.05) is 12.2 Å². The predicted molar refractivity (Wildman–Crippen MR) is 80.7 cm³/mol. The number of alkyl carbamates (subject to hydrolysis) is 1. The number of hydrogen-bond donors (Lipinski definition) is 1. The molecule has 8 nitrogen and oxygen atoms in total. The summed E-state index contributed by atoms with van der Waals surface area (Å²) in [5.41, 5.74) is -0.260. The first-order valence-electron chi connectivity index (χ1n) is 6.55. The van der Waals surface area contributed by atoms with Crippen LogP contribution in [0.2, 0.25) is 0 Å². The Morgan fingerprint density at radius 3 is 2.73 bits per heavy atom. The van der Waals surface area contributed by atoms with Crippen LogP contribution in [0, 0.1) is 10.1 Å². The number of nitrogens with zero attached hydrogens (tertiary/aromatic N) is 2. The Morgan fingerprint density at radius 1 is 1.50 bits per heavy atom. The lowest BCUT2D eigenvalue weighted by atomic mass is 10.2. The maximum atomic E-state index is 11.4. The van der Waals surface area contributed by atoms with Crippen LogP contribution in [0.25, 0.3) is 6.08 Å². The highest BCUT2D eigenvalue weighted by Crippen LogP contribution is 2.21. The first-order chi connectivity index (χ1) is 10.2. The van der Waals surface area contributed by atoms with Crippen LogP contribution in [-0.4, -0.2) is 35.3 Å². The number of carbonyl (C=O) groups excluding carboxylic acids is 1. The fraction of sp³-hybridized carbons (Fsp3) is 0.429. The lowest BCUT2D eigenvalue weighted by Crippen LogP contribution is -2.32. The van der Waals surface area contributed by atoms with E-state index in [4.69, 9.17) is 9.47 Å². The van der Waals surface area contributed by atoms with Gasteiger partial charge in [0.1, 0.15) is 11.8 Å². The second kappa shape index (κ2) is 7.39. The van der Waals surface area contributed by atoms with Crippen LogP contribution >= 0.6 is 0 Å². The lowest BCUT2D eigenvalue weighted by molar-refractivity contribution is -0.385. The topological polar surface area (TPSA) is 104 Å². The maximum absolute atomic E-state index is 11.4. The molecule has 0 aliphatic carbocycles. The number of aromatic nitrogens is 1. The standard InChI is InChI=1S/C14H19N3O5/c1-14(2,3)22-13(18)15-7-5-6-10-8-11(17(19)20)9-16-12(10)21-4/h5-6,8-9H,7H2,1-4H3,(H,15,18). The van der Waals surface area contributed by atoms with Gasteiger partial charge in [-0.05, 0) is 20.8 Å². The van der Waals surface area contributed by atoms with E-state index in [1.807, 2.05) is 0 Å². The minimum absolute atomic E-state index is 0.138. The summed E-state index contributed by atoms with van der Waals surface area (Å²) in [6.07, 6.45) is 3.78. The molecular weight excluding hydrogens is 290 g/mol. The summed E-state index contributed by atoms with van der Waals surface area (Å²) in [6.45, 7) is 5.51. The molecule has 1 aromatic heterocycles. The molecule has 0 fully saturated rings. The van der Waals surface area contributed by atoms with Gasteiger partial charge in [0.05, 0.1) is 12.0 Å². The maximum Gasteiger partial charge on any atom is 0.407 e. The number of nitrogens with one attached hydrogen (secondary N) is 1. The van der Waals surface area contributed by atoms with Crippen molar-refractivity contribution in [3.05, 3.63) is 34.0 Å². The number of ether oxygens (including phenoxy) is 2. The molecule has 0 radical (unpaired) electrons. The summed E-state index contributed by atoms with van der Waals surface area (Å²) in [6, 6.07) is 1.34. The predicted octanol–water partition coefficient (Wildman–Crippen LogP) is 2.54. The van der Waals surface area contributed by atoms with Crippen molar-refractivity contribution < 1.29 is 19.2 Å². The van der Waals surface area contributed by atoms with Gasteiger partial charge in [-0.15, -0.1) is 0 Å². The molecule has 0 aliphatic heterocycles. The molecule has 0 saturated carbocycles. The van der Waals surface area contributed by atoms with Gasteiger partial charge in [-0.3, -0.25) is 10.1 Å². The lowest BCUT2D eigenvalue weighted by Gasteiger charge is -2.19. The largest absolute Gasteiger partial charge is 0.481 e. The van der Waals surface area contributed by atoms with Gasteiger partial charge >= 0.3 is 6.09 Å². The van der Waals surface area contributed by atoms with Crippen LogP contribution in [0.5, 0.6) is 5.88 Å². The number of rotatable bonds is 5. The van der Waals surface area contributed by atoms with E-state index < -0.39 is 16.6 Å². The Hall–Kier alpha value is -2.64. The van der Waals surface area contributed by atoms with E-state index in [1.54, 1.807) is 32.9 Å². The molecule has 120 valence electrons. The van der Waals surface area contributed by atoms with Gasteiger partial charge in [-0.25, -0.2) is 9.78 Å². The van der Waals surface area contributed by atoms with Crippen molar-refractivity contribution in [1.82, 2.24) is 10.3 Å². The molecular formula is C14H19N3O5. The third-order valence-corrected chi connectivity index (χ3v) is 2.33. The zero-order chi connectivity index (χ0) is 16.8. The van der Waals surface area contributed by atoms with E-state index >= 15 is 0 Å². The van der Waals surface area contributed by atoms with Crippen molar-refractivity contribution in [3.8, 4) is 5.88 Å². The zero-order valence-corrected chi connectivity index (χ0v) is 13.0.